The summed E-state index contributed by atoms with van der Waals surface area (Å²) >= 11 is 0. The van der Waals surface area contributed by atoms with Crippen molar-refractivity contribution in [2.24, 2.45) is 4.99 Å². The van der Waals surface area contributed by atoms with E-state index in [0.717, 1.165) is 117 Å². The van der Waals surface area contributed by atoms with Crippen LogP contribution in [0.5, 0.6) is 0 Å². The van der Waals surface area contributed by atoms with Crippen LogP contribution in [0.3, 0.4) is 0 Å². The SMILES string of the molecule is CCCCCCCCCCCCCCOCC(C[N+](C)(C)CCCC([O-])=NC(Cc1c[n-]c2ccccc12)C(=O)CCC[N+](C)(C)CCC(OCCCCCCCCCC)OCCCCCCCCCCCCCC)OCCCCCCCCCCCCCC. The molecule has 90 heavy (non-hydrogen) atoms. The predicted molar refractivity (Wildman–Crippen MR) is 386 cm³/mol. The monoisotopic (exact) mass is 1260 g/mol. The average Bonchev–Trinajstić information content (AvgIpc) is 2.80. The van der Waals surface area contributed by atoms with Crippen LogP contribution >= 0.6 is 0 Å². The van der Waals surface area contributed by atoms with Crippen molar-refractivity contribution in [3.8, 4) is 0 Å². The van der Waals surface area contributed by atoms with Crippen LogP contribution in [0.1, 0.15) is 348 Å². The molecule has 0 spiro atoms. The summed E-state index contributed by atoms with van der Waals surface area (Å²) in [6.45, 7) is 16.2. The Balaban J connectivity index is 1.98. The molecule has 0 aliphatic heterocycles. The summed E-state index contributed by atoms with van der Waals surface area (Å²) in [6, 6.07) is 7.36. The van der Waals surface area contributed by atoms with Crippen LogP contribution in [0.25, 0.3) is 10.9 Å². The third-order valence-corrected chi connectivity index (χ3v) is 19.1. The minimum absolute atomic E-state index is 0.00515. The maximum absolute atomic E-state index is 14.3. The number of carbonyl (C=O) groups is 1. The fourth-order valence-corrected chi connectivity index (χ4v) is 13.1. The number of benzene rings is 1. The lowest BCUT2D eigenvalue weighted by Crippen LogP contribution is -2.48. The zero-order valence-electron chi connectivity index (χ0n) is 61.1. The molecule has 0 radical (unpaired) electrons. The largest absolute Gasteiger partial charge is 0.862 e. The molecule has 0 saturated carbocycles. The topological polar surface area (TPSA) is 104 Å². The number of Topliss-reactive ketones (excluding diaryl/α,β-unsaturated/α-hetero) is 1. The minimum Gasteiger partial charge on any atom is -0.862 e. The van der Waals surface area contributed by atoms with Crippen LogP contribution < -0.4 is 10.1 Å². The number of nitrogens with zero attached hydrogens (tertiary/aromatic N) is 4. The van der Waals surface area contributed by atoms with Gasteiger partial charge in [-0.05, 0) is 43.4 Å². The van der Waals surface area contributed by atoms with Crippen LogP contribution in [0.4, 0.5) is 0 Å². The third kappa shape index (κ3) is 49.2. The van der Waals surface area contributed by atoms with Gasteiger partial charge in [-0.25, -0.2) is 0 Å². The van der Waals surface area contributed by atoms with Crippen molar-refractivity contribution in [3.05, 3.63) is 36.0 Å². The van der Waals surface area contributed by atoms with Crippen molar-refractivity contribution in [2.75, 3.05) is 87.4 Å². The number of quaternary nitrogens is 2. The Morgan fingerprint density at radius 3 is 1.28 bits per heavy atom. The molecule has 1 aromatic carbocycles. The molecule has 526 valence electrons. The molecule has 0 N–H and O–H groups in total. The molecule has 10 heteroatoms. The quantitative estimate of drug-likeness (QED) is 0.0214. The second-order valence-electron chi connectivity index (χ2n) is 29.1. The van der Waals surface area contributed by atoms with E-state index in [1.54, 1.807) is 0 Å². The second kappa shape index (κ2) is 59.2. The zero-order chi connectivity index (χ0) is 65.1. The Kier molecular flexibility index (Phi) is 55.1. The molecule has 2 aromatic rings. The number of aliphatic imine (C=N–C) groups is 1. The number of ketones is 1. The Morgan fingerprint density at radius 2 is 0.833 bits per heavy atom. The van der Waals surface area contributed by atoms with E-state index in [1.807, 2.05) is 24.4 Å². The fourth-order valence-electron chi connectivity index (χ4n) is 13.1. The van der Waals surface area contributed by atoms with Gasteiger partial charge in [-0.15, -0.1) is 5.52 Å². The first-order valence-corrected chi connectivity index (χ1v) is 39.3. The third-order valence-electron chi connectivity index (χ3n) is 19.1. The van der Waals surface area contributed by atoms with E-state index < -0.39 is 6.04 Å². The van der Waals surface area contributed by atoms with Gasteiger partial charge < -0.3 is 38.0 Å². The number of fused-ring (bicyclic) bond motifs is 1. The molecule has 0 aliphatic rings. The van der Waals surface area contributed by atoms with Gasteiger partial charge in [-0.1, -0.05) is 314 Å². The van der Waals surface area contributed by atoms with Crippen molar-refractivity contribution in [3.63, 3.8) is 0 Å². The Hall–Kier alpha value is -2.34. The summed E-state index contributed by atoms with van der Waals surface area (Å²) < 4.78 is 27.5. The predicted octanol–water partition coefficient (Wildman–Crippen LogP) is 21.1. The first kappa shape index (κ1) is 83.7. The average molecular weight is 1260 g/mol. The lowest BCUT2D eigenvalue weighted by Gasteiger charge is -2.34. The molecular formula is C80H150N4O6. The van der Waals surface area contributed by atoms with Gasteiger partial charge in [0.2, 0.25) is 0 Å². The summed E-state index contributed by atoms with van der Waals surface area (Å²) in [5.41, 5.74) is 1.89. The van der Waals surface area contributed by atoms with E-state index in [2.05, 4.69) is 66.9 Å². The van der Waals surface area contributed by atoms with Crippen molar-refractivity contribution in [2.45, 2.75) is 367 Å². The van der Waals surface area contributed by atoms with Gasteiger partial charge in [0.25, 0.3) is 0 Å². The summed E-state index contributed by atoms with van der Waals surface area (Å²) in [4.78, 5) is 23.8. The van der Waals surface area contributed by atoms with E-state index in [4.69, 9.17) is 23.9 Å². The van der Waals surface area contributed by atoms with Crippen LogP contribution in [0, 0.1) is 0 Å². The number of hydrogen-bond donors (Lipinski definition) is 0. The fraction of sp³-hybridized carbons (Fsp3) is 0.875. The number of likely N-dealkylation sites (N-methyl/N-ethyl adjacent to an activating group) is 1. The maximum atomic E-state index is 14.3. The second-order valence-corrected chi connectivity index (χ2v) is 29.1. The van der Waals surface area contributed by atoms with Gasteiger partial charge in [0.1, 0.15) is 18.7 Å². The van der Waals surface area contributed by atoms with Gasteiger partial charge >= 0.3 is 0 Å². The molecule has 10 nitrogen and oxygen atoms in total. The molecule has 1 heterocycles. The first-order chi connectivity index (χ1) is 43.9. The molecular weight excluding hydrogens is 1110 g/mol. The van der Waals surface area contributed by atoms with Gasteiger partial charge in [-0.2, -0.15) is 6.20 Å². The van der Waals surface area contributed by atoms with E-state index in [0.29, 0.717) is 32.3 Å². The van der Waals surface area contributed by atoms with Crippen LogP contribution in [0.2, 0.25) is 0 Å². The number of para-hydroxylation sites is 1. The van der Waals surface area contributed by atoms with Crippen molar-refractivity contribution >= 4 is 22.6 Å². The summed E-state index contributed by atoms with van der Waals surface area (Å²) in [5.74, 6) is -0.140. The van der Waals surface area contributed by atoms with Crippen molar-refractivity contribution in [1.82, 2.24) is 4.98 Å². The summed E-state index contributed by atoms with van der Waals surface area (Å²) in [5, 5.41) is 15.0. The van der Waals surface area contributed by atoms with Crippen molar-refractivity contribution in [1.29, 1.82) is 0 Å². The lowest BCUT2D eigenvalue weighted by atomic mass is 9.99. The van der Waals surface area contributed by atoms with Crippen LogP contribution in [0.15, 0.2) is 35.5 Å². The summed E-state index contributed by atoms with van der Waals surface area (Å²) in [7, 11) is 9.04. The van der Waals surface area contributed by atoms with Crippen molar-refractivity contribution < 1.29 is 37.8 Å². The van der Waals surface area contributed by atoms with Gasteiger partial charge in [0.05, 0.1) is 54.4 Å². The Morgan fingerprint density at radius 1 is 0.456 bits per heavy atom. The number of carbonyl (C=O) groups excluding carboxylic acids is 1. The van der Waals surface area contributed by atoms with E-state index in [-0.39, 0.29) is 24.1 Å². The van der Waals surface area contributed by atoms with Crippen LogP contribution in [-0.2, 0) is 30.2 Å². The summed E-state index contributed by atoms with van der Waals surface area (Å²) in [6.07, 6.45) is 63.3. The molecule has 2 rings (SSSR count). The van der Waals surface area contributed by atoms with Gasteiger partial charge in [0, 0.05) is 58.5 Å². The molecule has 3 atom stereocenters. The number of unbranched alkanes of at least 4 members (excludes halogenated alkanes) is 40. The molecule has 3 unspecified atom stereocenters. The normalized spacial score (nSPS) is 13.5. The Bertz CT molecular complexity index is 1900. The standard InChI is InChI=1S/C80H150N4O6/c1-9-13-17-21-25-29-32-35-38-41-45-51-65-87-72-74(88-66-52-46-43-39-36-33-30-26-22-18-14-10-2)71-84(7,8)63-56-60-79(86)82-77(69-73-70-81-76-58-50-49-57-75(73)76)78(85)59-55-62-83(5,6)64-61-80(89-67-53-47-42-28-24-20-16-12-4)90-68-54-48-44-40-37-34-31-27-23-19-15-11-3/h49-50,57-58,70,74,77,80H,9-48,51-56,59-69,71-72H2,1-8H3. The number of ether oxygens (including phenoxy) is 4. The smallest absolute Gasteiger partial charge is 0.162 e. The molecule has 0 saturated heterocycles. The van der Waals surface area contributed by atoms with E-state index >= 15 is 0 Å². The number of hydrogen-bond acceptors (Lipinski definition) is 7. The number of rotatable bonds is 70. The first-order valence-electron chi connectivity index (χ1n) is 39.3. The highest BCUT2D eigenvalue weighted by molar-refractivity contribution is 5.89. The van der Waals surface area contributed by atoms with E-state index in [9.17, 15) is 9.90 Å². The minimum atomic E-state index is -0.730. The Labute approximate surface area is 558 Å². The highest BCUT2D eigenvalue weighted by Gasteiger charge is 2.25. The van der Waals surface area contributed by atoms with E-state index in [1.165, 1.54) is 257 Å². The number of aromatic nitrogens is 1. The lowest BCUT2D eigenvalue weighted by molar-refractivity contribution is -0.893. The molecule has 1 aromatic heterocycles. The molecule has 0 bridgehead atoms. The highest BCUT2D eigenvalue weighted by atomic mass is 16.7. The molecule has 0 amide bonds. The zero-order valence-corrected chi connectivity index (χ0v) is 61.1. The highest BCUT2D eigenvalue weighted by Crippen LogP contribution is 2.23. The van der Waals surface area contributed by atoms with Gasteiger partial charge in [0.15, 0.2) is 12.1 Å². The maximum Gasteiger partial charge on any atom is 0.162 e. The molecule has 0 aliphatic carbocycles. The molecule has 0 fully saturated rings. The van der Waals surface area contributed by atoms with Crippen LogP contribution in [-0.4, -0.2) is 126 Å². The van der Waals surface area contributed by atoms with Gasteiger partial charge in [-0.3, -0.25) is 9.79 Å².